The van der Waals surface area contributed by atoms with Gasteiger partial charge in [0.1, 0.15) is 12.4 Å². The van der Waals surface area contributed by atoms with Crippen molar-refractivity contribution < 1.29 is 9.84 Å². The number of aliphatic hydroxyl groups excluding tert-OH is 1. The van der Waals surface area contributed by atoms with Gasteiger partial charge >= 0.3 is 0 Å². The minimum Gasteiger partial charge on any atom is -0.487 e. The topological polar surface area (TPSA) is 42.4 Å². The van der Waals surface area contributed by atoms with Crippen molar-refractivity contribution in [2.45, 2.75) is 20.1 Å². The second-order valence-corrected chi connectivity index (χ2v) is 3.86. The Bertz CT molecular complexity index is 497. The lowest BCUT2D eigenvalue weighted by Crippen LogP contribution is -2.00. The van der Waals surface area contributed by atoms with Gasteiger partial charge in [-0.25, -0.2) is 0 Å². The van der Waals surface area contributed by atoms with Gasteiger partial charge in [0.25, 0.3) is 0 Å². The van der Waals surface area contributed by atoms with E-state index in [-0.39, 0.29) is 6.61 Å². The molecule has 1 heterocycles. The molecule has 0 aliphatic heterocycles. The monoisotopic (exact) mass is 229 g/mol. The summed E-state index contributed by atoms with van der Waals surface area (Å²) in [6.07, 6.45) is 1.76. The highest BCUT2D eigenvalue weighted by Gasteiger charge is 2.01. The molecule has 1 aromatic heterocycles. The number of aromatic nitrogens is 1. The van der Waals surface area contributed by atoms with E-state index in [1.165, 1.54) is 0 Å². The Labute approximate surface area is 101 Å². The molecule has 1 N–H and O–H groups in total. The lowest BCUT2D eigenvalue weighted by atomic mass is 10.2. The number of nitrogens with zero attached hydrogens (tertiary/aromatic N) is 1. The van der Waals surface area contributed by atoms with Gasteiger partial charge in [0.2, 0.25) is 0 Å². The molecule has 0 saturated carbocycles. The molecule has 3 heteroatoms. The highest BCUT2D eigenvalue weighted by atomic mass is 16.5. The number of aliphatic hydroxyl groups is 1. The zero-order valence-electron chi connectivity index (χ0n) is 9.76. The summed E-state index contributed by atoms with van der Waals surface area (Å²) in [5.41, 5.74) is 2.90. The van der Waals surface area contributed by atoms with E-state index < -0.39 is 0 Å². The van der Waals surface area contributed by atoms with Crippen LogP contribution in [0.4, 0.5) is 0 Å². The molecule has 0 spiro atoms. The fraction of sp³-hybridized carbons (Fsp3) is 0.214. The fourth-order valence-electron chi connectivity index (χ4n) is 1.55. The number of hydrogen-bond acceptors (Lipinski definition) is 3. The van der Waals surface area contributed by atoms with Gasteiger partial charge in [-0.3, -0.25) is 4.98 Å². The average Bonchev–Trinajstić information content (AvgIpc) is 2.38. The summed E-state index contributed by atoms with van der Waals surface area (Å²) < 4.78 is 5.64. The first-order valence-corrected chi connectivity index (χ1v) is 5.52. The minimum atomic E-state index is 0.0276. The molecule has 1 aromatic carbocycles. The van der Waals surface area contributed by atoms with Gasteiger partial charge in [-0.05, 0) is 36.2 Å². The van der Waals surface area contributed by atoms with Crippen LogP contribution in [-0.2, 0) is 13.2 Å². The molecule has 3 nitrogen and oxygen atoms in total. The molecule has 2 rings (SSSR count). The van der Waals surface area contributed by atoms with Crippen molar-refractivity contribution in [2.75, 3.05) is 0 Å². The molecule has 0 radical (unpaired) electrons. The molecule has 88 valence electrons. The molecule has 0 aliphatic carbocycles. The SMILES string of the molecule is Cc1cccnc1COc1cccc(CO)c1. The van der Waals surface area contributed by atoms with E-state index in [1.54, 1.807) is 6.20 Å². The van der Waals surface area contributed by atoms with E-state index in [4.69, 9.17) is 9.84 Å². The quantitative estimate of drug-likeness (QED) is 0.875. The van der Waals surface area contributed by atoms with Crippen molar-refractivity contribution in [3.63, 3.8) is 0 Å². The maximum absolute atomic E-state index is 9.02. The molecule has 2 aromatic rings. The van der Waals surface area contributed by atoms with Crippen LogP contribution in [0.15, 0.2) is 42.6 Å². The molecule has 0 unspecified atom stereocenters. The van der Waals surface area contributed by atoms with Gasteiger partial charge in [0, 0.05) is 6.20 Å². The second kappa shape index (κ2) is 5.46. The van der Waals surface area contributed by atoms with E-state index in [2.05, 4.69) is 4.98 Å². The zero-order chi connectivity index (χ0) is 12.1. The van der Waals surface area contributed by atoms with Crippen molar-refractivity contribution in [3.8, 4) is 5.75 Å². The highest BCUT2D eigenvalue weighted by Crippen LogP contribution is 2.15. The number of ether oxygens (including phenoxy) is 1. The second-order valence-electron chi connectivity index (χ2n) is 3.86. The third kappa shape index (κ3) is 3.04. The van der Waals surface area contributed by atoms with Crippen LogP contribution in [0.25, 0.3) is 0 Å². The van der Waals surface area contributed by atoms with Crippen molar-refractivity contribution in [2.24, 2.45) is 0 Å². The van der Waals surface area contributed by atoms with Gasteiger partial charge < -0.3 is 9.84 Å². The molecule has 0 bridgehead atoms. The predicted octanol–water partition coefficient (Wildman–Crippen LogP) is 2.46. The standard InChI is InChI=1S/C14H15NO2/c1-11-4-3-7-15-14(11)10-17-13-6-2-5-12(8-13)9-16/h2-8,16H,9-10H2,1H3. The molecule has 0 fully saturated rings. The Morgan fingerprint density at radius 1 is 1.24 bits per heavy atom. The Kier molecular flexibility index (Phi) is 3.73. The number of aryl methyl sites for hydroxylation is 1. The molecule has 0 amide bonds. The molecule has 17 heavy (non-hydrogen) atoms. The van der Waals surface area contributed by atoms with Crippen LogP contribution in [0.1, 0.15) is 16.8 Å². The van der Waals surface area contributed by atoms with Crippen LogP contribution >= 0.6 is 0 Å². The number of pyridine rings is 1. The Balaban J connectivity index is 2.05. The van der Waals surface area contributed by atoms with E-state index in [0.717, 1.165) is 22.6 Å². The van der Waals surface area contributed by atoms with Gasteiger partial charge in [-0.1, -0.05) is 18.2 Å². The van der Waals surface area contributed by atoms with Crippen molar-refractivity contribution in [3.05, 3.63) is 59.4 Å². The van der Waals surface area contributed by atoms with Crippen LogP contribution in [0.2, 0.25) is 0 Å². The summed E-state index contributed by atoms with van der Waals surface area (Å²) >= 11 is 0. The summed E-state index contributed by atoms with van der Waals surface area (Å²) in [6.45, 7) is 2.48. The lowest BCUT2D eigenvalue weighted by Gasteiger charge is -2.08. The molecular weight excluding hydrogens is 214 g/mol. The summed E-state index contributed by atoms with van der Waals surface area (Å²) in [5, 5.41) is 9.02. The maximum Gasteiger partial charge on any atom is 0.130 e. The Morgan fingerprint density at radius 2 is 2.12 bits per heavy atom. The molecule has 0 aliphatic rings. The van der Waals surface area contributed by atoms with Crippen molar-refractivity contribution >= 4 is 0 Å². The number of hydrogen-bond donors (Lipinski definition) is 1. The lowest BCUT2D eigenvalue weighted by molar-refractivity contribution is 0.277. The van der Waals surface area contributed by atoms with Crippen molar-refractivity contribution in [1.82, 2.24) is 4.98 Å². The third-order valence-corrected chi connectivity index (χ3v) is 2.57. The highest BCUT2D eigenvalue weighted by molar-refractivity contribution is 5.28. The summed E-state index contributed by atoms with van der Waals surface area (Å²) in [4.78, 5) is 4.26. The van der Waals surface area contributed by atoms with E-state index in [9.17, 15) is 0 Å². The van der Waals surface area contributed by atoms with E-state index >= 15 is 0 Å². The van der Waals surface area contributed by atoms with Gasteiger partial charge in [0.15, 0.2) is 0 Å². The Morgan fingerprint density at radius 3 is 2.88 bits per heavy atom. The first-order chi connectivity index (χ1) is 8.29. The van der Waals surface area contributed by atoms with Crippen LogP contribution in [0.5, 0.6) is 5.75 Å². The van der Waals surface area contributed by atoms with Crippen molar-refractivity contribution in [1.29, 1.82) is 0 Å². The van der Waals surface area contributed by atoms with Crippen LogP contribution in [-0.4, -0.2) is 10.1 Å². The number of benzene rings is 1. The normalized spacial score (nSPS) is 10.2. The summed E-state index contributed by atoms with van der Waals surface area (Å²) in [7, 11) is 0. The smallest absolute Gasteiger partial charge is 0.130 e. The average molecular weight is 229 g/mol. The van der Waals surface area contributed by atoms with Gasteiger partial charge in [0.05, 0.1) is 12.3 Å². The fourth-order valence-corrected chi connectivity index (χ4v) is 1.55. The first kappa shape index (κ1) is 11.6. The predicted molar refractivity (Wildman–Crippen MR) is 65.7 cm³/mol. The molecule has 0 atom stereocenters. The van der Waals surface area contributed by atoms with Crippen LogP contribution in [0.3, 0.4) is 0 Å². The zero-order valence-corrected chi connectivity index (χ0v) is 9.76. The van der Waals surface area contributed by atoms with E-state index in [1.807, 2.05) is 43.3 Å². The Hall–Kier alpha value is -1.87. The summed E-state index contributed by atoms with van der Waals surface area (Å²) in [6, 6.07) is 11.3. The van der Waals surface area contributed by atoms with Gasteiger partial charge in [-0.2, -0.15) is 0 Å². The third-order valence-electron chi connectivity index (χ3n) is 2.57. The van der Waals surface area contributed by atoms with Crippen LogP contribution in [0, 0.1) is 6.92 Å². The maximum atomic E-state index is 9.02. The number of rotatable bonds is 4. The largest absolute Gasteiger partial charge is 0.487 e. The molecular formula is C14H15NO2. The minimum absolute atomic E-state index is 0.0276. The van der Waals surface area contributed by atoms with E-state index in [0.29, 0.717) is 6.61 Å². The van der Waals surface area contributed by atoms with Gasteiger partial charge in [-0.15, -0.1) is 0 Å². The first-order valence-electron chi connectivity index (χ1n) is 5.52. The summed E-state index contributed by atoms with van der Waals surface area (Å²) in [5.74, 6) is 0.751. The molecule has 0 saturated heterocycles. The van der Waals surface area contributed by atoms with Crippen LogP contribution < -0.4 is 4.74 Å².